The first kappa shape index (κ1) is 39.0. The molecule has 0 aromatic carbocycles. The lowest BCUT2D eigenvalue weighted by Crippen LogP contribution is -3.00. The fourth-order valence-electron chi connectivity index (χ4n) is 5.66. The highest BCUT2D eigenvalue weighted by atomic mass is 35.5. The highest BCUT2D eigenvalue weighted by Gasteiger charge is 2.47. The average molecular weight is 528 g/mol. The maximum Gasteiger partial charge on any atom is 0.242 e. The molecule has 5 heteroatoms. The Morgan fingerprint density at radius 2 is 0.853 bits per heavy atom. The Morgan fingerprint density at radius 1 is 0.529 bits per heavy atom. The Hall–Kier alpha value is 0.460. The van der Waals surface area contributed by atoms with E-state index in [2.05, 4.69) is 62.6 Å². The smallest absolute Gasteiger partial charge is 0.242 e. The van der Waals surface area contributed by atoms with E-state index in [0.717, 1.165) is 35.1 Å². The van der Waals surface area contributed by atoms with Gasteiger partial charge in [0.05, 0.1) is 46.4 Å². The number of halogens is 2. The van der Waals surface area contributed by atoms with Crippen LogP contribution in [0.5, 0.6) is 0 Å². The maximum absolute atomic E-state index is 6.68. The molecule has 2 atom stereocenters. The number of nitrogens with zero attached hydrogens (tertiary/aromatic N) is 2. The van der Waals surface area contributed by atoms with Crippen molar-refractivity contribution in [2.75, 3.05) is 40.3 Å². The number of unbranched alkanes of at least 4 members (excludes halogenated alkanes) is 11. The molecule has 0 bridgehead atoms. The topological polar surface area (TPSA) is 9.23 Å². The predicted octanol–water partition coefficient (Wildman–Crippen LogP) is 2.18. The van der Waals surface area contributed by atoms with Crippen molar-refractivity contribution in [1.29, 1.82) is 0 Å². The number of ether oxygens (including phenoxy) is 1. The summed E-state index contributed by atoms with van der Waals surface area (Å²) in [6, 6.07) is 0. The molecule has 0 aliphatic rings. The van der Waals surface area contributed by atoms with Gasteiger partial charge in [-0.25, -0.2) is 0 Å². The van der Waals surface area contributed by atoms with Crippen LogP contribution >= 0.6 is 0 Å². The SMILES string of the molecule is CCCCCCCCCCCCCCC(C)OC(C)C([N+](C)(CC)CC)[N+](C)(CC)CC.[Cl-].[Cl-]. The normalized spacial score (nSPS) is 13.9. The minimum atomic E-state index is 0. The first-order valence-corrected chi connectivity index (χ1v) is 14.6. The largest absolute Gasteiger partial charge is 1.00 e. The molecule has 3 nitrogen and oxygen atoms in total. The zero-order chi connectivity index (χ0) is 24.5. The highest BCUT2D eigenvalue weighted by Crippen LogP contribution is 2.27. The predicted molar refractivity (Wildman–Crippen MR) is 144 cm³/mol. The van der Waals surface area contributed by atoms with Crippen LogP contribution in [0.3, 0.4) is 0 Å². The Labute approximate surface area is 228 Å². The number of quaternary nitrogens is 2. The monoisotopic (exact) mass is 526 g/mol. The van der Waals surface area contributed by atoms with E-state index in [1.54, 1.807) is 0 Å². The van der Waals surface area contributed by atoms with Gasteiger partial charge in [-0.15, -0.1) is 0 Å². The summed E-state index contributed by atoms with van der Waals surface area (Å²) in [7, 11) is 4.87. The van der Waals surface area contributed by atoms with Gasteiger partial charge in [-0.3, -0.25) is 8.97 Å². The molecule has 34 heavy (non-hydrogen) atoms. The molecule has 0 fully saturated rings. The number of hydrogen-bond acceptors (Lipinski definition) is 1. The number of likely N-dealkylation sites (N-methyl/N-ethyl adjacent to an activating group) is 2. The molecule has 0 saturated heterocycles. The van der Waals surface area contributed by atoms with Crippen LogP contribution in [0.4, 0.5) is 0 Å². The Morgan fingerprint density at radius 3 is 1.18 bits per heavy atom. The van der Waals surface area contributed by atoms with Crippen LogP contribution in [0.1, 0.15) is 132 Å². The maximum atomic E-state index is 6.68. The molecule has 0 aliphatic carbocycles. The lowest BCUT2D eigenvalue weighted by molar-refractivity contribution is -1.12. The molecule has 0 N–H and O–H groups in total. The Kier molecular flexibility index (Phi) is 26.0. The van der Waals surface area contributed by atoms with E-state index >= 15 is 0 Å². The molecule has 0 saturated carbocycles. The molecular formula is C29H64Cl2N2O. The molecule has 0 aromatic heterocycles. The summed E-state index contributed by atoms with van der Waals surface area (Å²) in [4.78, 5) is 0. The summed E-state index contributed by atoms with van der Waals surface area (Å²) in [5, 5.41) is 0. The minimum absolute atomic E-state index is 0. The first-order valence-electron chi connectivity index (χ1n) is 14.6. The molecule has 0 aromatic rings. The second kappa shape index (κ2) is 22.6. The van der Waals surface area contributed by atoms with Crippen molar-refractivity contribution in [3.8, 4) is 0 Å². The van der Waals surface area contributed by atoms with Crippen molar-refractivity contribution in [3.63, 3.8) is 0 Å². The highest BCUT2D eigenvalue weighted by molar-refractivity contribution is 4.64. The summed E-state index contributed by atoms with van der Waals surface area (Å²) < 4.78 is 8.86. The third-order valence-corrected chi connectivity index (χ3v) is 8.50. The molecule has 0 radical (unpaired) electrons. The Balaban J connectivity index is -0.00000480. The number of rotatable bonds is 22. The van der Waals surface area contributed by atoms with E-state index in [0.29, 0.717) is 12.3 Å². The molecule has 0 aliphatic heterocycles. The van der Waals surface area contributed by atoms with Gasteiger partial charge in [-0.2, -0.15) is 0 Å². The summed E-state index contributed by atoms with van der Waals surface area (Å²) >= 11 is 0. The van der Waals surface area contributed by atoms with Gasteiger partial charge in [-0.05, 0) is 48.0 Å². The average Bonchev–Trinajstić information content (AvgIpc) is 2.79. The first-order chi connectivity index (χ1) is 15.2. The van der Waals surface area contributed by atoms with Crippen molar-refractivity contribution < 1.29 is 38.5 Å². The van der Waals surface area contributed by atoms with Gasteiger partial charge in [0, 0.05) is 0 Å². The molecule has 2 unspecified atom stereocenters. The number of hydrogen-bond donors (Lipinski definition) is 0. The molecule has 0 spiro atoms. The summed E-state index contributed by atoms with van der Waals surface area (Å²) in [5.74, 6) is 0. The van der Waals surface area contributed by atoms with Gasteiger partial charge in [0.25, 0.3) is 0 Å². The van der Waals surface area contributed by atoms with Crippen LogP contribution in [-0.4, -0.2) is 67.6 Å². The van der Waals surface area contributed by atoms with Crippen LogP contribution in [0, 0.1) is 0 Å². The van der Waals surface area contributed by atoms with Crippen molar-refractivity contribution in [2.24, 2.45) is 0 Å². The molecular weight excluding hydrogens is 463 g/mol. The summed E-state index contributed by atoms with van der Waals surface area (Å²) in [5.41, 5.74) is 0. The van der Waals surface area contributed by atoms with E-state index < -0.39 is 0 Å². The molecule has 0 amide bonds. The van der Waals surface area contributed by atoms with Gasteiger partial charge in [-0.1, -0.05) is 84.0 Å². The zero-order valence-electron chi connectivity index (χ0n) is 24.8. The van der Waals surface area contributed by atoms with Gasteiger partial charge in [0.2, 0.25) is 6.17 Å². The second-order valence-electron chi connectivity index (χ2n) is 11.0. The van der Waals surface area contributed by atoms with E-state index in [1.165, 1.54) is 83.5 Å². The fraction of sp³-hybridized carbons (Fsp3) is 1.00. The van der Waals surface area contributed by atoms with Crippen molar-refractivity contribution in [1.82, 2.24) is 0 Å². The fourth-order valence-corrected chi connectivity index (χ4v) is 5.66. The zero-order valence-corrected chi connectivity index (χ0v) is 26.3. The van der Waals surface area contributed by atoms with Crippen LogP contribution in [-0.2, 0) is 4.74 Å². The van der Waals surface area contributed by atoms with Gasteiger partial charge >= 0.3 is 0 Å². The quantitative estimate of drug-likeness (QED) is 0.119. The summed E-state index contributed by atoms with van der Waals surface area (Å²) in [6.45, 7) is 21.0. The van der Waals surface area contributed by atoms with Gasteiger partial charge in [0.15, 0.2) is 6.10 Å². The van der Waals surface area contributed by atoms with Crippen LogP contribution < -0.4 is 24.8 Å². The molecule has 0 heterocycles. The van der Waals surface area contributed by atoms with Crippen LogP contribution in [0.25, 0.3) is 0 Å². The lowest BCUT2D eigenvalue weighted by atomic mass is 10.0. The van der Waals surface area contributed by atoms with Crippen molar-refractivity contribution in [3.05, 3.63) is 0 Å². The summed E-state index contributed by atoms with van der Waals surface area (Å²) in [6.07, 6.45) is 19.3. The van der Waals surface area contributed by atoms with Gasteiger partial charge in [0.1, 0.15) is 0 Å². The van der Waals surface area contributed by atoms with E-state index in [9.17, 15) is 0 Å². The second-order valence-corrected chi connectivity index (χ2v) is 11.0. The van der Waals surface area contributed by atoms with Crippen molar-refractivity contribution in [2.45, 2.75) is 150 Å². The minimum Gasteiger partial charge on any atom is -1.00 e. The third kappa shape index (κ3) is 14.9. The van der Waals surface area contributed by atoms with Crippen LogP contribution in [0.15, 0.2) is 0 Å². The van der Waals surface area contributed by atoms with Gasteiger partial charge < -0.3 is 29.6 Å². The standard InChI is InChI=1S/C29H64N2O.2ClH/c1-10-15-16-17-18-19-20-21-22-23-24-25-26-27(6)32-28(7)29(30(8,11-2)12-3)31(9,13-4)14-5;;/h27-29H,10-26H2,1-9H3;2*1H/q+2;;/p-2. The third-order valence-electron chi connectivity index (χ3n) is 8.50. The van der Waals surface area contributed by atoms with E-state index in [1.807, 2.05) is 0 Å². The Bertz CT molecular complexity index is 410. The molecule has 210 valence electrons. The van der Waals surface area contributed by atoms with Crippen LogP contribution in [0.2, 0.25) is 0 Å². The van der Waals surface area contributed by atoms with E-state index in [-0.39, 0.29) is 30.9 Å². The molecule has 0 rings (SSSR count). The lowest BCUT2D eigenvalue weighted by Gasteiger charge is -2.51. The van der Waals surface area contributed by atoms with E-state index in [4.69, 9.17) is 4.74 Å². The van der Waals surface area contributed by atoms with Crippen molar-refractivity contribution >= 4 is 0 Å².